The van der Waals surface area contributed by atoms with Crippen molar-refractivity contribution < 1.29 is 4.74 Å². The predicted octanol–water partition coefficient (Wildman–Crippen LogP) is 1.97. The van der Waals surface area contributed by atoms with Crippen LogP contribution in [0.1, 0.15) is 30.5 Å². The van der Waals surface area contributed by atoms with E-state index in [4.69, 9.17) is 9.73 Å². The summed E-state index contributed by atoms with van der Waals surface area (Å²) in [5.74, 6) is 1.05. The van der Waals surface area contributed by atoms with E-state index < -0.39 is 0 Å². The third-order valence-corrected chi connectivity index (χ3v) is 5.86. The van der Waals surface area contributed by atoms with Crippen molar-refractivity contribution in [3.63, 3.8) is 0 Å². The van der Waals surface area contributed by atoms with Crippen LogP contribution in [-0.4, -0.2) is 93.3 Å². The van der Waals surface area contributed by atoms with Crippen LogP contribution in [-0.2, 0) is 4.74 Å². The Morgan fingerprint density at radius 2 is 1.93 bits per heavy atom. The highest BCUT2D eigenvalue weighted by molar-refractivity contribution is 5.80. The minimum Gasteiger partial charge on any atom is -0.379 e. The Bertz CT molecular complexity index is 624. The second-order valence-corrected chi connectivity index (χ2v) is 8.12. The minimum absolute atomic E-state index is 0.284. The molecule has 2 aliphatic heterocycles. The van der Waals surface area contributed by atoms with E-state index in [1.807, 2.05) is 0 Å². The highest BCUT2D eigenvalue weighted by Gasteiger charge is 2.30. The lowest BCUT2D eigenvalue weighted by atomic mass is 10.0. The van der Waals surface area contributed by atoms with Crippen LogP contribution in [0.2, 0.25) is 0 Å². The highest BCUT2D eigenvalue weighted by Crippen LogP contribution is 2.21. The molecule has 2 unspecified atom stereocenters. The standard InChI is InChI=1S/C22H37N5O/c1-5-23-22(27-11-10-20(17-27)26-12-14-28-15-13-26)24-16-21(25(3)4)19-8-6-18(2)7-9-19/h6-9,20-21H,5,10-17H2,1-4H3,(H,23,24). The zero-order valence-electron chi connectivity index (χ0n) is 18.0. The van der Waals surface area contributed by atoms with Gasteiger partial charge in [0.25, 0.3) is 0 Å². The molecular formula is C22H37N5O. The molecule has 28 heavy (non-hydrogen) atoms. The van der Waals surface area contributed by atoms with Crippen LogP contribution < -0.4 is 5.32 Å². The summed E-state index contributed by atoms with van der Waals surface area (Å²) in [6.07, 6.45) is 1.21. The Kier molecular flexibility index (Phi) is 7.71. The van der Waals surface area contributed by atoms with Gasteiger partial charge >= 0.3 is 0 Å². The van der Waals surface area contributed by atoms with Crippen LogP contribution in [0.25, 0.3) is 0 Å². The van der Waals surface area contributed by atoms with Gasteiger partial charge in [-0.2, -0.15) is 0 Å². The normalized spacial score (nSPS) is 22.7. The van der Waals surface area contributed by atoms with Gasteiger partial charge < -0.3 is 19.9 Å². The molecule has 156 valence electrons. The topological polar surface area (TPSA) is 43.3 Å². The van der Waals surface area contributed by atoms with Crippen molar-refractivity contribution in [1.29, 1.82) is 0 Å². The SMILES string of the molecule is CCNC(=NCC(c1ccc(C)cc1)N(C)C)N1CCC(N2CCOCC2)C1. The maximum Gasteiger partial charge on any atom is 0.194 e. The number of hydrogen-bond donors (Lipinski definition) is 1. The number of rotatable bonds is 6. The molecule has 2 aliphatic rings. The molecule has 0 saturated carbocycles. The summed E-state index contributed by atoms with van der Waals surface area (Å²) in [5, 5.41) is 3.52. The Morgan fingerprint density at radius 1 is 1.21 bits per heavy atom. The molecule has 0 aliphatic carbocycles. The molecule has 1 N–H and O–H groups in total. The van der Waals surface area contributed by atoms with E-state index in [-0.39, 0.29) is 6.04 Å². The highest BCUT2D eigenvalue weighted by atomic mass is 16.5. The number of aryl methyl sites for hydroxylation is 1. The molecule has 6 nitrogen and oxygen atoms in total. The monoisotopic (exact) mass is 387 g/mol. The van der Waals surface area contributed by atoms with Gasteiger partial charge in [0.2, 0.25) is 0 Å². The van der Waals surface area contributed by atoms with Crippen molar-refractivity contribution in [2.75, 3.05) is 66.6 Å². The van der Waals surface area contributed by atoms with Crippen LogP contribution in [0, 0.1) is 6.92 Å². The first-order valence-electron chi connectivity index (χ1n) is 10.7. The maximum atomic E-state index is 5.51. The third-order valence-electron chi connectivity index (χ3n) is 5.86. The van der Waals surface area contributed by atoms with E-state index in [2.05, 4.69) is 72.2 Å². The molecule has 1 aromatic rings. The number of likely N-dealkylation sites (tertiary alicyclic amines) is 1. The van der Waals surface area contributed by atoms with Crippen LogP contribution in [0.15, 0.2) is 29.3 Å². The number of benzene rings is 1. The fourth-order valence-corrected chi connectivity index (χ4v) is 4.13. The van der Waals surface area contributed by atoms with Crippen molar-refractivity contribution in [2.45, 2.75) is 32.4 Å². The number of likely N-dealkylation sites (N-methyl/N-ethyl adjacent to an activating group) is 1. The summed E-state index contributed by atoms with van der Waals surface area (Å²) < 4.78 is 5.51. The number of ether oxygens (including phenoxy) is 1. The summed E-state index contributed by atoms with van der Waals surface area (Å²) >= 11 is 0. The molecule has 0 bridgehead atoms. The average Bonchev–Trinajstić information content (AvgIpc) is 3.19. The molecule has 3 rings (SSSR count). The van der Waals surface area contributed by atoms with Crippen molar-refractivity contribution >= 4 is 5.96 Å². The van der Waals surface area contributed by atoms with E-state index >= 15 is 0 Å². The summed E-state index contributed by atoms with van der Waals surface area (Å²) in [6, 6.07) is 9.74. The summed E-state index contributed by atoms with van der Waals surface area (Å²) in [7, 11) is 4.27. The fourth-order valence-electron chi connectivity index (χ4n) is 4.13. The molecule has 0 spiro atoms. The van der Waals surface area contributed by atoms with Crippen molar-refractivity contribution in [3.8, 4) is 0 Å². The second kappa shape index (κ2) is 10.2. The fraction of sp³-hybridized carbons (Fsp3) is 0.682. The largest absolute Gasteiger partial charge is 0.379 e. The molecule has 0 radical (unpaired) electrons. The van der Waals surface area contributed by atoms with Crippen LogP contribution in [0.3, 0.4) is 0 Å². The average molecular weight is 388 g/mol. The Morgan fingerprint density at radius 3 is 2.57 bits per heavy atom. The van der Waals surface area contributed by atoms with Crippen molar-refractivity contribution in [3.05, 3.63) is 35.4 Å². The molecule has 0 amide bonds. The molecule has 0 aromatic heterocycles. The molecule has 2 saturated heterocycles. The minimum atomic E-state index is 0.284. The third kappa shape index (κ3) is 5.46. The summed E-state index contributed by atoms with van der Waals surface area (Å²) in [5.41, 5.74) is 2.62. The molecule has 2 heterocycles. The van der Waals surface area contributed by atoms with Gasteiger partial charge in [0.1, 0.15) is 0 Å². The van der Waals surface area contributed by atoms with Crippen LogP contribution in [0.4, 0.5) is 0 Å². The van der Waals surface area contributed by atoms with Crippen LogP contribution in [0.5, 0.6) is 0 Å². The van der Waals surface area contributed by atoms with E-state index in [0.29, 0.717) is 6.04 Å². The molecular weight excluding hydrogens is 350 g/mol. The van der Waals surface area contributed by atoms with Gasteiger partial charge in [0.05, 0.1) is 25.8 Å². The molecule has 2 atom stereocenters. The molecule has 6 heteroatoms. The van der Waals surface area contributed by atoms with E-state index in [1.54, 1.807) is 0 Å². The lowest BCUT2D eigenvalue weighted by Crippen LogP contribution is -2.46. The van der Waals surface area contributed by atoms with Crippen molar-refractivity contribution in [1.82, 2.24) is 20.0 Å². The molecule has 2 fully saturated rings. The zero-order valence-corrected chi connectivity index (χ0v) is 18.0. The lowest BCUT2D eigenvalue weighted by Gasteiger charge is -2.32. The van der Waals surface area contributed by atoms with Gasteiger partial charge in [0.15, 0.2) is 5.96 Å². The quantitative estimate of drug-likeness (QED) is 0.597. The maximum absolute atomic E-state index is 5.51. The Hall–Kier alpha value is -1.63. The predicted molar refractivity (Wildman–Crippen MR) is 116 cm³/mol. The zero-order chi connectivity index (χ0) is 19.9. The Balaban J connectivity index is 1.66. The first-order valence-corrected chi connectivity index (χ1v) is 10.7. The van der Waals surface area contributed by atoms with Gasteiger partial charge in [-0.25, -0.2) is 0 Å². The number of nitrogens with one attached hydrogen (secondary N) is 1. The number of morpholine rings is 1. The van der Waals surface area contributed by atoms with E-state index in [9.17, 15) is 0 Å². The van der Waals surface area contributed by atoms with Crippen LogP contribution >= 0.6 is 0 Å². The van der Waals surface area contributed by atoms with Gasteiger partial charge in [-0.15, -0.1) is 0 Å². The van der Waals surface area contributed by atoms with Crippen molar-refractivity contribution in [2.24, 2.45) is 4.99 Å². The first-order chi connectivity index (χ1) is 13.6. The lowest BCUT2D eigenvalue weighted by molar-refractivity contribution is 0.0195. The van der Waals surface area contributed by atoms with Gasteiger partial charge in [0, 0.05) is 38.8 Å². The number of nitrogens with zero attached hydrogens (tertiary/aromatic N) is 4. The molecule has 1 aromatic carbocycles. The van der Waals surface area contributed by atoms with E-state index in [0.717, 1.165) is 58.4 Å². The summed E-state index contributed by atoms with van der Waals surface area (Å²) in [6.45, 7) is 11.9. The van der Waals surface area contributed by atoms with Gasteiger partial charge in [-0.1, -0.05) is 29.8 Å². The van der Waals surface area contributed by atoms with E-state index in [1.165, 1.54) is 17.5 Å². The number of aliphatic imine (C=N–C) groups is 1. The Labute approximate surface area is 170 Å². The van der Waals surface area contributed by atoms with Gasteiger partial charge in [-0.05, 0) is 39.9 Å². The number of guanidine groups is 1. The first kappa shape index (κ1) is 21.1. The summed E-state index contributed by atoms with van der Waals surface area (Å²) in [4.78, 5) is 12.3. The van der Waals surface area contributed by atoms with Gasteiger partial charge in [-0.3, -0.25) is 9.89 Å². The second-order valence-electron chi connectivity index (χ2n) is 8.12. The smallest absolute Gasteiger partial charge is 0.194 e. The number of hydrogen-bond acceptors (Lipinski definition) is 4.